The first-order valence-corrected chi connectivity index (χ1v) is 3.97. The van der Waals surface area contributed by atoms with E-state index in [2.05, 4.69) is 0 Å². The van der Waals surface area contributed by atoms with Crippen molar-refractivity contribution in [2.45, 2.75) is 32.3 Å². The topological polar surface area (TPSA) is 20.2 Å². The van der Waals surface area contributed by atoms with E-state index in [0.29, 0.717) is 5.92 Å². The molecule has 0 aliphatic heterocycles. The van der Waals surface area contributed by atoms with Crippen LogP contribution >= 0.6 is 0 Å². The van der Waals surface area contributed by atoms with Gasteiger partial charge in [0.25, 0.3) is 0 Å². The van der Waals surface area contributed by atoms with Crippen molar-refractivity contribution in [2.24, 2.45) is 17.8 Å². The van der Waals surface area contributed by atoms with Crippen molar-refractivity contribution in [3.05, 3.63) is 0 Å². The van der Waals surface area contributed by atoms with E-state index in [1.165, 1.54) is 19.3 Å². The second-order valence-corrected chi connectivity index (χ2v) is 3.64. The summed E-state index contributed by atoms with van der Waals surface area (Å²) in [7, 11) is 0. The Hall–Kier alpha value is -0.0400. The summed E-state index contributed by atoms with van der Waals surface area (Å²) in [6.45, 7) is 1.94. The molecule has 0 amide bonds. The van der Waals surface area contributed by atoms with Crippen molar-refractivity contribution in [2.75, 3.05) is 0 Å². The Kier molecular flexibility index (Phi) is 1.10. The molecule has 2 aliphatic carbocycles. The molecule has 0 aromatic carbocycles. The zero-order valence-electron chi connectivity index (χ0n) is 5.88. The van der Waals surface area contributed by atoms with Crippen molar-refractivity contribution >= 4 is 0 Å². The van der Waals surface area contributed by atoms with Crippen LogP contribution in [0.2, 0.25) is 0 Å². The maximum Gasteiger partial charge on any atom is 0.0543 e. The van der Waals surface area contributed by atoms with Crippen LogP contribution in [0.5, 0.6) is 0 Å². The molecule has 2 aliphatic rings. The molecule has 0 aromatic rings. The van der Waals surface area contributed by atoms with Gasteiger partial charge in [0, 0.05) is 0 Å². The number of aliphatic hydroxyl groups is 1. The van der Waals surface area contributed by atoms with Crippen LogP contribution < -0.4 is 0 Å². The van der Waals surface area contributed by atoms with Crippen LogP contribution in [0.1, 0.15) is 26.2 Å². The first kappa shape index (κ1) is 5.72. The summed E-state index contributed by atoms with van der Waals surface area (Å²) in [5.41, 5.74) is 0. The monoisotopic (exact) mass is 126 g/mol. The quantitative estimate of drug-likeness (QED) is 0.563. The highest BCUT2D eigenvalue weighted by Gasteiger charge is 2.49. The van der Waals surface area contributed by atoms with Crippen molar-refractivity contribution in [3.8, 4) is 0 Å². The molecular formula is C8H14O. The van der Waals surface area contributed by atoms with Gasteiger partial charge in [0.15, 0.2) is 0 Å². The van der Waals surface area contributed by atoms with Gasteiger partial charge in [0.1, 0.15) is 0 Å². The van der Waals surface area contributed by atoms with Gasteiger partial charge >= 0.3 is 0 Å². The molecule has 2 saturated carbocycles. The lowest BCUT2D eigenvalue weighted by atomic mass is 9.98. The third-order valence-electron chi connectivity index (χ3n) is 3.02. The Balaban J connectivity index is 1.98. The summed E-state index contributed by atoms with van der Waals surface area (Å²) in [6, 6.07) is 0. The van der Waals surface area contributed by atoms with E-state index < -0.39 is 0 Å². The molecule has 2 rings (SSSR count). The highest BCUT2D eigenvalue weighted by atomic mass is 16.3. The van der Waals surface area contributed by atoms with Crippen molar-refractivity contribution in [3.63, 3.8) is 0 Å². The van der Waals surface area contributed by atoms with Gasteiger partial charge in [-0.3, -0.25) is 0 Å². The third-order valence-corrected chi connectivity index (χ3v) is 3.02. The van der Waals surface area contributed by atoms with Gasteiger partial charge in [-0.05, 0) is 43.9 Å². The van der Waals surface area contributed by atoms with Crippen molar-refractivity contribution in [1.82, 2.24) is 0 Å². The molecule has 0 radical (unpaired) electrons. The lowest BCUT2D eigenvalue weighted by Crippen LogP contribution is -2.15. The van der Waals surface area contributed by atoms with E-state index in [1.54, 1.807) is 0 Å². The molecule has 1 N–H and O–H groups in total. The lowest BCUT2D eigenvalue weighted by Gasteiger charge is -2.13. The van der Waals surface area contributed by atoms with Gasteiger partial charge in [0.2, 0.25) is 0 Å². The van der Waals surface area contributed by atoms with Crippen LogP contribution in [-0.4, -0.2) is 11.2 Å². The van der Waals surface area contributed by atoms with Gasteiger partial charge in [-0.2, -0.15) is 0 Å². The molecule has 9 heavy (non-hydrogen) atoms. The predicted octanol–water partition coefficient (Wildman–Crippen LogP) is 1.41. The molecule has 52 valence electrons. The van der Waals surface area contributed by atoms with Gasteiger partial charge in [0.05, 0.1) is 6.10 Å². The average Bonchev–Trinajstić information content (AvgIpc) is 2.43. The Morgan fingerprint density at radius 3 is 2.44 bits per heavy atom. The summed E-state index contributed by atoms with van der Waals surface area (Å²) >= 11 is 0. The smallest absolute Gasteiger partial charge is 0.0543 e. The summed E-state index contributed by atoms with van der Waals surface area (Å²) in [4.78, 5) is 0. The fraction of sp³-hybridized carbons (Fsp3) is 1.00. The summed E-state index contributed by atoms with van der Waals surface area (Å²) < 4.78 is 0. The highest BCUT2D eigenvalue weighted by molar-refractivity contribution is 4.98. The molecule has 0 bridgehead atoms. The summed E-state index contributed by atoms with van der Waals surface area (Å²) in [5, 5.41) is 9.25. The SMILES string of the molecule is CC(O)C1CCC2CC21. The highest BCUT2D eigenvalue weighted by Crippen LogP contribution is 2.56. The van der Waals surface area contributed by atoms with Crippen molar-refractivity contribution in [1.29, 1.82) is 0 Å². The second-order valence-electron chi connectivity index (χ2n) is 3.64. The van der Waals surface area contributed by atoms with E-state index in [4.69, 9.17) is 0 Å². The van der Waals surface area contributed by atoms with Gasteiger partial charge in [-0.25, -0.2) is 0 Å². The largest absolute Gasteiger partial charge is 0.393 e. The molecule has 0 spiro atoms. The third kappa shape index (κ3) is 0.787. The first-order valence-electron chi connectivity index (χ1n) is 3.97. The number of hydrogen-bond acceptors (Lipinski definition) is 1. The maximum absolute atomic E-state index is 9.25. The summed E-state index contributed by atoms with van der Waals surface area (Å²) in [5.74, 6) is 2.60. The van der Waals surface area contributed by atoms with Crippen LogP contribution in [-0.2, 0) is 0 Å². The van der Waals surface area contributed by atoms with Gasteiger partial charge in [-0.15, -0.1) is 0 Å². The number of hydrogen-bond donors (Lipinski definition) is 1. The first-order chi connectivity index (χ1) is 4.29. The van der Waals surface area contributed by atoms with E-state index in [9.17, 15) is 5.11 Å². The minimum absolute atomic E-state index is 0.0394. The Morgan fingerprint density at radius 1 is 1.44 bits per heavy atom. The molecule has 0 saturated heterocycles. The summed E-state index contributed by atoms with van der Waals surface area (Å²) in [6.07, 6.45) is 4.05. The van der Waals surface area contributed by atoms with E-state index in [1.807, 2.05) is 6.92 Å². The molecular weight excluding hydrogens is 112 g/mol. The standard InChI is InChI=1S/C8H14O/c1-5(9)7-3-2-6-4-8(6)7/h5-9H,2-4H2,1H3. The van der Waals surface area contributed by atoms with Crippen LogP contribution in [0.3, 0.4) is 0 Å². The fourth-order valence-electron chi connectivity index (χ4n) is 2.35. The maximum atomic E-state index is 9.25. The van der Waals surface area contributed by atoms with Crippen LogP contribution in [0.15, 0.2) is 0 Å². The zero-order chi connectivity index (χ0) is 6.43. The Labute approximate surface area is 56.1 Å². The second kappa shape index (κ2) is 1.72. The Morgan fingerprint density at radius 2 is 2.22 bits per heavy atom. The normalized spacial score (nSPS) is 50.7. The van der Waals surface area contributed by atoms with E-state index >= 15 is 0 Å². The molecule has 1 heteroatoms. The number of rotatable bonds is 1. The number of fused-ring (bicyclic) bond motifs is 1. The minimum atomic E-state index is -0.0394. The van der Waals surface area contributed by atoms with E-state index in [-0.39, 0.29) is 6.10 Å². The molecule has 4 unspecified atom stereocenters. The van der Waals surface area contributed by atoms with E-state index in [0.717, 1.165) is 11.8 Å². The van der Waals surface area contributed by atoms with Gasteiger partial charge < -0.3 is 5.11 Å². The molecule has 0 heterocycles. The van der Waals surface area contributed by atoms with Gasteiger partial charge in [-0.1, -0.05) is 0 Å². The zero-order valence-corrected chi connectivity index (χ0v) is 5.88. The molecule has 4 atom stereocenters. The van der Waals surface area contributed by atoms with Crippen LogP contribution in [0.25, 0.3) is 0 Å². The average molecular weight is 126 g/mol. The van der Waals surface area contributed by atoms with Crippen LogP contribution in [0, 0.1) is 17.8 Å². The molecule has 0 aromatic heterocycles. The fourth-order valence-corrected chi connectivity index (χ4v) is 2.35. The van der Waals surface area contributed by atoms with Crippen molar-refractivity contribution < 1.29 is 5.11 Å². The Bertz CT molecular complexity index is 120. The van der Waals surface area contributed by atoms with Crippen LogP contribution in [0.4, 0.5) is 0 Å². The minimum Gasteiger partial charge on any atom is -0.393 e. The molecule has 2 fully saturated rings. The predicted molar refractivity (Wildman–Crippen MR) is 36.0 cm³/mol. The number of aliphatic hydroxyl groups excluding tert-OH is 1. The molecule has 1 nitrogen and oxygen atoms in total. The lowest BCUT2D eigenvalue weighted by molar-refractivity contribution is 0.117.